The van der Waals surface area contributed by atoms with Crippen molar-refractivity contribution >= 4 is 27.9 Å². The largest absolute Gasteiger partial charge is 0.363 e. The van der Waals surface area contributed by atoms with Gasteiger partial charge in [0.2, 0.25) is 16.0 Å². The van der Waals surface area contributed by atoms with Crippen molar-refractivity contribution in [1.29, 1.82) is 0 Å². The lowest BCUT2D eigenvalue weighted by molar-refractivity contribution is 0.592. The lowest BCUT2D eigenvalue weighted by atomic mass is 10.2. The molecule has 0 atom stereocenters. The second-order valence-electron chi connectivity index (χ2n) is 5.67. The summed E-state index contributed by atoms with van der Waals surface area (Å²) < 4.78 is 26.4. The molecule has 2 aromatic rings. The van der Waals surface area contributed by atoms with Crippen LogP contribution in [-0.2, 0) is 10.0 Å². The van der Waals surface area contributed by atoms with E-state index in [1.54, 1.807) is 6.08 Å². The van der Waals surface area contributed by atoms with E-state index in [0.717, 1.165) is 22.5 Å². The second-order valence-corrected chi connectivity index (χ2v) is 7.32. The van der Waals surface area contributed by atoms with Gasteiger partial charge in [-0.15, -0.1) is 0 Å². The Labute approximate surface area is 148 Å². The molecule has 2 rings (SSSR count). The highest BCUT2D eigenvalue weighted by atomic mass is 32.2. The molecule has 7 nitrogen and oxygen atoms in total. The number of aromatic nitrogens is 2. The van der Waals surface area contributed by atoms with Gasteiger partial charge < -0.3 is 10.2 Å². The van der Waals surface area contributed by atoms with E-state index < -0.39 is 10.0 Å². The third-order valence-corrected chi connectivity index (χ3v) is 4.35. The zero-order chi connectivity index (χ0) is 18.3. The Morgan fingerprint density at radius 3 is 2.52 bits per heavy atom. The number of rotatable bonds is 8. The molecule has 8 heteroatoms. The molecule has 0 amide bonds. The highest BCUT2D eigenvalue weighted by Gasteiger charge is 2.06. The van der Waals surface area contributed by atoms with Gasteiger partial charge >= 0.3 is 0 Å². The number of nitrogens with zero attached hydrogens (tertiary/aromatic N) is 3. The van der Waals surface area contributed by atoms with Crippen LogP contribution < -0.4 is 14.9 Å². The predicted octanol–water partition coefficient (Wildman–Crippen LogP) is 1.85. The SMILES string of the molecule is Cc1cc(N(C)C)nc(NCCNS(=O)(=O)/C=C/c2ccccc2)n1. The third-order valence-electron chi connectivity index (χ3n) is 3.25. The minimum atomic E-state index is -3.48. The summed E-state index contributed by atoms with van der Waals surface area (Å²) in [5.74, 6) is 1.27. The topological polar surface area (TPSA) is 87.2 Å². The maximum Gasteiger partial charge on any atom is 0.233 e. The van der Waals surface area contributed by atoms with Gasteiger partial charge in [-0.1, -0.05) is 30.3 Å². The molecule has 0 saturated heterocycles. The zero-order valence-electron chi connectivity index (χ0n) is 14.6. The second kappa shape index (κ2) is 8.59. The fraction of sp³-hybridized carbons (Fsp3) is 0.294. The van der Waals surface area contributed by atoms with Crippen LogP contribution in [-0.4, -0.2) is 45.6 Å². The van der Waals surface area contributed by atoms with E-state index >= 15 is 0 Å². The standard InChI is InChI=1S/C17H23N5O2S/c1-14-13-16(22(2)3)21-17(20-14)18-10-11-19-25(23,24)12-9-15-7-5-4-6-8-15/h4-9,12-13,19H,10-11H2,1-3H3,(H,18,20,21)/b12-9+. The summed E-state index contributed by atoms with van der Waals surface area (Å²) in [6.07, 6.45) is 1.56. The average molecular weight is 361 g/mol. The van der Waals surface area contributed by atoms with Gasteiger partial charge in [0.25, 0.3) is 0 Å². The van der Waals surface area contributed by atoms with Crippen LogP contribution in [0.25, 0.3) is 6.08 Å². The van der Waals surface area contributed by atoms with Gasteiger partial charge in [0.15, 0.2) is 0 Å². The van der Waals surface area contributed by atoms with Crippen LogP contribution in [0.2, 0.25) is 0 Å². The molecule has 1 aromatic heterocycles. The Kier molecular flexibility index (Phi) is 6.49. The van der Waals surface area contributed by atoms with Crippen LogP contribution in [0, 0.1) is 6.92 Å². The zero-order valence-corrected chi connectivity index (χ0v) is 15.4. The first-order valence-corrected chi connectivity index (χ1v) is 9.40. The molecular weight excluding hydrogens is 338 g/mol. The monoisotopic (exact) mass is 361 g/mol. The normalized spacial score (nSPS) is 11.6. The number of sulfonamides is 1. The van der Waals surface area contributed by atoms with E-state index in [1.165, 1.54) is 0 Å². The van der Waals surface area contributed by atoms with Crippen molar-refractivity contribution in [3.63, 3.8) is 0 Å². The molecule has 0 aliphatic heterocycles. The Balaban J connectivity index is 1.85. The van der Waals surface area contributed by atoms with Crippen molar-refractivity contribution in [3.05, 3.63) is 53.1 Å². The number of anilines is 2. The fourth-order valence-corrected chi connectivity index (χ4v) is 2.83. The Morgan fingerprint density at radius 2 is 1.84 bits per heavy atom. The maximum atomic E-state index is 11.9. The molecule has 0 aliphatic rings. The number of hydrogen-bond donors (Lipinski definition) is 2. The van der Waals surface area contributed by atoms with Crippen molar-refractivity contribution in [2.45, 2.75) is 6.92 Å². The summed E-state index contributed by atoms with van der Waals surface area (Å²) in [5.41, 5.74) is 1.67. The average Bonchev–Trinajstić information content (AvgIpc) is 2.57. The third kappa shape index (κ3) is 6.52. The molecule has 25 heavy (non-hydrogen) atoms. The summed E-state index contributed by atoms with van der Waals surface area (Å²) in [6, 6.07) is 11.1. The molecule has 1 heterocycles. The number of hydrogen-bond acceptors (Lipinski definition) is 6. The molecule has 1 aromatic carbocycles. The number of benzene rings is 1. The molecule has 0 bridgehead atoms. The van der Waals surface area contributed by atoms with Gasteiger partial charge in [0.05, 0.1) is 0 Å². The lowest BCUT2D eigenvalue weighted by Gasteiger charge is -2.13. The molecule has 0 fully saturated rings. The lowest BCUT2D eigenvalue weighted by Crippen LogP contribution is -2.27. The Hall–Kier alpha value is -2.45. The maximum absolute atomic E-state index is 11.9. The minimum Gasteiger partial charge on any atom is -0.363 e. The summed E-state index contributed by atoms with van der Waals surface area (Å²) in [5, 5.41) is 4.19. The first-order valence-electron chi connectivity index (χ1n) is 7.85. The summed E-state index contributed by atoms with van der Waals surface area (Å²) in [7, 11) is 0.320. The van der Waals surface area contributed by atoms with E-state index in [9.17, 15) is 8.42 Å². The van der Waals surface area contributed by atoms with E-state index in [2.05, 4.69) is 20.0 Å². The van der Waals surface area contributed by atoms with E-state index in [1.807, 2.05) is 62.3 Å². The van der Waals surface area contributed by atoms with Crippen molar-refractivity contribution < 1.29 is 8.42 Å². The number of nitrogens with one attached hydrogen (secondary N) is 2. The molecule has 0 radical (unpaired) electrons. The number of aryl methyl sites for hydroxylation is 1. The van der Waals surface area contributed by atoms with Gasteiger partial charge in [-0.2, -0.15) is 4.98 Å². The summed E-state index contributed by atoms with van der Waals surface area (Å²) >= 11 is 0. The van der Waals surface area contributed by atoms with Gasteiger partial charge in [-0.05, 0) is 18.6 Å². The molecule has 2 N–H and O–H groups in total. The summed E-state index contributed by atoms with van der Waals surface area (Å²) in [4.78, 5) is 10.5. The van der Waals surface area contributed by atoms with Crippen LogP contribution in [0.15, 0.2) is 41.8 Å². The Morgan fingerprint density at radius 1 is 1.12 bits per heavy atom. The molecule has 0 saturated carbocycles. The first kappa shape index (κ1) is 18.9. The van der Waals surface area contributed by atoms with Crippen LogP contribution in [0.3, 0.4) is 0 Å². The van der Waals surface area contributed by atoms with Crippen molar-refractivity contribution in [1.82, 2.24) is 14.7 Å². The van der Waals surface area contributed by atoms with Gasteiger partial charge in [-0.25, -0.2) is 18.1 Å². The van der Waals surface area contributed by atoms with E-state index in [4.69, 9.17) is 0 Å². The van der Waals surface area contributed by atoms with Gasteiger partial charge in [-0.3, -0.25) is 0 Å². The van der Waals surface area contributed by atoms with Gasteiger partial charge in [0.1, 0.15) is 5.82 Å². The summed E-state index contributed by atoms with van der Waals surface area (Å²) in [6.45, 7) is 2.50. The first-order chi connectivity index (χ1) is 11.9. The van der Waals surface area contributed by atoms with Crippen molar-refractivity contribution in [2.24, 2.45) is 0 Å². The highest BCUT2D eigenvalue weighted by molar-refractivity contribution is 7.92. The molecular formula is C17H23N5O2S. The van der Waals surface area contributed by atoms with Crippen molar-refractivity contribution in [3.8, 4) is 0 Å². The van der Waals surface area contributed by atoms with E-state index in [-0.39, 0.29) is 6.54 Å². The molecule has 0 unspecified atom stereocenters. The van der Waals surface area contributed by atoms with Crippen LogP contribution in [0.1, 0.15) is 11.3 Å². The highest BCUT2D eigenvalue weighted by Crippen LogP contribution is 2.11. The molecule has 0 spiro atoms. The fourth-order valence-electron chi connectivity index (χ4n) is 2.01. The minimum absolute atomic E-state index is 0.232. The molecule has 134 valence electrons. The van der Waals surface area contributed by atoms with Crippen LogP contribution in [0.5, 0.6) is 0 Å². The molecule has 0 aliphatic carbocycles. The van der Waals surface area contributed by atoms with E-state index in [0.29, 0.717) is 12.5 Å². The smallest absolute Gasteiger partial charge is 0.233 e. The van der Waals surface area contributed by atoms with Gasteiger partial charge in [0, 0.05) is 44.4 Å². The Bertz CT molecular complexity index is 820. The van der Waals surface area contributed by atoms with Crippen molar-refractivity contribution in [2.75, 3.05) is 37.4 Å². The quantitative estimate of drug-likeness (QED) is 0.698. The predicted molar refractivity (Wildman–Crippen MR) is 102 cm³/mol. The van der Waals surface area contributed by atoms with Crippen LogP contribution in [0.4, 0.5) is 11.8 Å². The van der Waals surface area contributed by atoms with Crippen LogP contribution >= 0.6 is 0 Å².